The standard InChI is InChI=1S/C19H19N5O/c1-3-24-9-8-15-10-16(5-6-17(15)24)22-19(25)13-23(2)18-7-4-14(11-20)12-21-18/h4-10,12H,3,13H2,1-2H3,(H,22,25). The Morgan fingerprint density at radius 1 is 1.32 bits per heavy atom. The fourth-order valence-electron chi connectivity index (χ4n) is 2.73. The Balaban J connectivity index is 1.66. The van der Waals surface area contributed by atoms with Gasteiger partial charge in [0.2, 0.25) is 5.91 Å². The topological polar surface area (TPSA) is 74.0 Å². The first-order valence-electron chi connectivity index (χ1n) is 8.06. The smallest absolute Gasteiger partial charge is 0.243 e. The lowest BCUT2D eigenvalue weighted by molar-refractivity contribution is -0.114. The maximum Gasteiger partial charge on any atom is 0.243 e. The molecule has 0 radical (unpaired) electrons. The van der Waals surface area contributed by atoms with Crippen LogP contribution in [0.15, 0.2) is 48.8 Å². The van der Waals surface area contributed by atoms with E-state index in [9.17, 15) is 4.79 Å². The van der Waals surface area contributed by atoms with Crippen LogP contribution >= 0.6 is 0 Å². The number of pyridine rings is 1. The lowest BCUT2D eigenvalue weighted by atomic mass is 10.2. The van der Waals surface area contributed by atoms with Crippen molar-refractivity contribution < 1.29 is 4.79 Å². The van der Waals surface area contributed by atoms with Gasteiger partial charge in [0.05, 0.1) is 12.1 Å². The van der Waals surface area contributed by atoms with Gasteiger partial charge in [-0.25, -0.2) is 4.98 Å². The molecule has 0 aliphatic rings. The van der Waals surface area contributed by atoms with E-state index in [2.05, 4.69) is 21.8 Å². The third-order valence-electron chi connectivity index (χ3n) is 4.04. The molecular formula is C19H19N5O. The monoisotopic (exact) mass is 333 g/mol. The predicted octanol–water partition coefficient (Wildman–Crippen LogP) is 3.00. The lowest BCUT2D eigenvalue weighted by Crippen LogP contribution is -2.30. The number of rotatable bonds is 5. The van der Waals surface area contributed by atoms with Crippen LogP contribution in [0.25, 0.3) is 10.9 Å². The number of nitriles is 1. The molecule has 2 heterocycles. The summed E-state index contributed by atoms with van der Waals surface area (Å²) in [4.78, 5) is 18.2. The van der Waals surface area contributed by atoms with Gasteiger partial charge < -0.3 is 14.8 Å². The van der Waals surface area contributed by atoms with Crippen molar-refractivity contribution in [2.75, 3.05) is 23.8 Å². The maximum absolute atomic E-state index is 12.3. The van der Waals surface area contributed by atoms with Gasteiger partial charge in [0, 0.05) is 42.6 Å². The first-order chi connectivity index (χ1) is 12.1. The molecule has 6 heteroatoms. The van der Waals surface area contributed by atoms with E-state index in [1.165, 1.54) is 6.20 Å². The van der Waals surface area contributed by atoms with Crippen LogP contribution in [0.2, 0.25) is 0 Å². The molecule has 0 unspecified atom stereocenters. The average molecular weight is 333 g/mol. The summed E-state index contributed by atoms with van der Waals surface area (Å²) in [5.74, 6) is 0.521. The number of anilines is 2. The lowest BCUT2D eigenvalue weighted by Gasteiger charge is -2.17. The predicted molar refractivity (Wildman–Crippen MR) is 98.5 cm³/mol. The largest absolute Gasteiger partial charge is 0.350 e. The molecule has 0 atom stereocenters. The Morgan fingerprint density at radius 2 is 2.16 bits per heavy atom. The van der Waals surface area contributed by atoms with Crippen molar-refractivity contribution in [1.29, 1.82) is 5.26 Å². The number of carbonyl (C=O) groups excluding carboxylic acids is 1. The van der Waals surface area contributed by atoms with E-state index in [0.717, 1.165) is 23.1 Å². The highest BCUT2D eigenvalue weighted by atomic mass is 16.2. The van der Waals surface area contributed by atoms with Gasteiger partial charge in [0.1, 0.15) is 11.9 Å². The number of carbonyl (C=O) groups is 1. The van der Waals surface area contributed by atoms with Crippen LogP contribution < -0.4 is 10.2 Å². The summed E-state index contributed by atoms with van der Waals surface area (Å²) in [6, 6.07) is 13.4. The molecule has 3 rings (SSSR count). The van der Waals surface area contributed by atoms with Crippen LogP contribution in [-0.4, -0.2) is 29.1 Å². The molecular weight excluding hydrogens is 314 g/mol. The second kappa shape index (κ2) is 7.05. The van der Waals surface area contributed by atoms with Crippen molar-refractivity contribution >= 4 is 28.3 Å². The van der Waals surface area contributed by atoms with Crippen LogP contribution in [0, 0.1) is 11.3 Å². The summed E-state index contributed by atoms with van der Waals surface area (Å²) in [5, 5.41) is 12.8. The summed E-state index contributed by atoms with van der Waals surface area (Å²) in [6.07, 6.45) is 3.54. The minimum Gasteiger partial charge on any atom is -0.350 e. The molecule has 0 bridgehead atoms. The number of benzene rings is 1. The molecule has 2 aromatic heterocycles. The molecule has 1 N–H and O–H groups in total. The summed E-state index contributed by atoms with van der Waals surface area (Å²) < 4.78 is 2.16. The zero-order valence-electron chi connectivity index (χ0n) is 14.2. The van der Waals surface area contributed by atoms with Gasteiger partial charge in [-0.3, -0.25) is 4.79 Å². The number of nitrogens with zero attached hydrogens (tertiary/aromatic N) is 4. The van der Waals surface area contributed by atoms with Crippen molar-refractivity contribution in [2.45, 2.75) is 13.5 Å². The molecule has 0 aliphatic heterocycles. The van der Waals surface area contributed by atoms with Crippen LogP contribution in [0.5, 0.6) is 0 Å². The zero-order valence-corrected chi connectivity index (χ0v) is 14.2. The van der Waals surface area contributed by atoms with Gasteiger partial charge in [0.25, 0.3) is 0 Å². The quantitative estimate of drug-likeness (QED) is 0.779. The maximum atomic E-state index is 12.3. The number of hydrogen-bond donors (Lipinski definition) is 1. The van der Waals surface area contributed by atoms with Gasteiger partial charge in [-0.2, -0.15) is 5.26 Å². The van der Waals surface area contributed by atoms with Crippen molar-refractivity contribution in [1.82, 2.24) is 9.55 Å². The van der Waals surface area contributed by atoms with Gasteiger partial charge in [-0.1, -0.05) is 0 Å². The molecule has 1 amide bonds. The van der Waals surface area contributed by atoms with Gasteiger partial charge in [-0.15, -0.1) is 0 Å². The van der Waals surface area contributed by atoms with E-state index in [-0.39, 0.29) is 12.5 Å². The van der Waals surface area contributed by atoms with E-state index in [1.54, 1.807) is 24.1 Å². The van der Waals surface area contributed by atoms with Crippen LogP contribution in [-0.2, 0) is 11.3 Å². The molecule has 3 aromatic rings. The second-order valence-corrected chi connectivity index (χ2v) is 5.80. The number of aromatic nitrogens is 2. The Bertz CT molecular complexity index is 937. The second-order valence-electron chi connectivity index (χ2n) is 5.80. The summed E-state index contributed by atoms with van der Waals surface area (Å²) in [7, 11) is 1.79. The average Bonchev–Trinajstić information content (AvgIpc) is 3.04. The Kier molecular flexibility index (Phi) is 4.66. The van der Waals surface area contributed by atoms with Crippen molar-refractivity contribution in [3.8, 4) is 6.07 Å². The molecule has 0 saturated heterocycles. The van der Waals surface area contributed by atoms with Crippen LogP contribution in [0.1, 0.15) is 12.5 Å². The fourth-order valence-corrected chi connectivity index (χ4v) is 2.73. The number of likely N-dealkylation sites (N-methyl/N-ethyl adjacent to an activating group) is 1. The van der Waals surface area contributed by atoms with E-state index in [1.807, 2.05) is 36.5 Å². The van der Waals surface area contributed by atoms with Gasteiger partial charge in [-0.05, 0) is 43.3 Å². The number of nitrogens with one attached hydrogen (secondary N) is 1. The molecule has 0 aliphatic carbocycles. The number of hydrogen-bond acceptors (Lipinski definition) is 4. The van der Waals surface area contributed by atoms with Crippen LogP contribution in [0.4, 0.5) is 11.5 Å². The van der Waals surface area contributed by atoms with Gasteiger partial charge in [0.15, 0.2) is 0 Å². The van der Waals surface area contributed by atoms with Crippen molar-refractivity contribution in [3.63, 3.8) is 0 Å². The molecule has 6 nitrogen and oxygen atoms in total. The molecule has 25 heavy (non-hydrogen) atoms. The minimum absolute atomic E-state index is 0.122. The normalized spacial score (nSPS) is 10.4. The van der Waals surface area contributed by atoms with Gasteiger partial charge >= 0.3 is 0 Å². The minimum atomic E-state index is -0.122. The Hall–Kier alpha value is -3.33. The molecule has 0 fully saturated rings. The van der Waals surface area contributed by atoms with Crippen molar-refractivity contribution in [3.05, 3.63) is 54.4 Å². The Labute approximate surface area is 146 Å². The third-order valence-corrected chi connectivity index (χ3v) is 4.04. The first kappa shape index (κ1) is 16.5. The molecule has 1 aromatic carbocycles. The van der Waals surface area contributed by atoms with Crippen LogP contribution in [0.3, 0.4) is 0 Å². The SMILES string of the molecule is CCn1ccc2cc(NC(=O)CN(C)c3ccc(C#N)cn3)ccc21. The van der Waals surface area contributed by atoms with E-state index in [0.29, 0.717) is 11.4 Å². The zero-order chi connectivity index (χ0) is 17.8. The number of amides is 1. The van der Waals surface area contributed by atoms with E-state index in [4.69, 9.17) is 5.26 Å². The summed E-state index contributed by atoms with van der Waals surface area (Å²) in [6.45, 7) is 3.19. The highest BCUT2D eigenvalue weighted by molar-refractivity contribution is 5.96. The first-order valence-corrected chi connectivity index (χ1v) is 8.06. The fraction of sp³-hybridized carbons (Fsp3) is 0.211. The van der Waals surface area contributed by atoms with E-state index >= 15 is 0 Å². The number of aryl methyl sites for hydroxylation is 1. The van der Waals surface area contributed by atoms with Crippen molar-refractivity contribution in [2.24, 2.45) is 0 Å². The summed E-state index contributed by atoms with van der Waals surface area (Å²) in [5.41, 5.74) is 2.42. The number of fused-ring (bicyclic) bond motifs is 1. The van der Waals surface area contributed by atoms with E-state index < -0.39 is 0 Å². The highest BCUT2D eigenvalue weighted by Gasteiger charge is 2.10. The molecule has 126 valence electrons. The Morgan fingerprint density at radius 3 is 2.84 bits per heavy atom. The summed E-state index contributed by atoms with van der Waals surface area (Å²) >= 11 is 0. The third kappa shape index (κ3) is 3.61. The molecule has 0 spiro atoms. The highest BCUT2D eigenvalue weighted by Crippen LogP contribution is 2.20. The molecule has 0 saturated carbocycles.